The van der Waals surface area contributed by atoms with Gasteiger partial charge in [-0.05, 0) is 39.1 Å². The second-order valence-corrected chi connectivity index (χ2v) is 22.4. The van der Waals surface area contributed by atoms with Crippen LogP contribution in [0.1, 0.15) is 40.2 Å². The van der Waals surface area contributed by atoms with E-state index in [4.69, 9.17) is 58.2 Å². The fraction of sp³-hybridized carbons (Fsp3) is 0.613. The van der Waals surface area contributed by atoms with E-state index < -0.39 is 119 Å². The van der Waals surface area contributed by atoms with Gasteiger partial charge in [0.05, 0.1) is 38.1 Å². The van der Waals surface area contributed by atoms with Gasteiger partial charge in [-0.2, -0.15) is 0 Å². The fourth-order valence-corrected chi connectivity index (χ4v) is 11.7. The summed E-state index contributed by atoms with van der Waals surface area (Å²) >= 11 is 0.825. The van der Waals surface area contributed by atoms with E-state index in [1.807, 2.05) is 0 Å². The third-order valence-electron chi connectivity index (χ3n) is 8.84. The van der Waals surface area contributed by atoms with E-state index in [1.165, 1.54) is 21.8 Å². The van der Waals surface area contributed by atoms with Crippen molar-refractivity contribution in [3.8, 4) is 0 Å². The Bertz CT molecular complexity index is 2320. The van der Waals surface area contributed by atoms with E-state index in [9.17, 15) is 18.7 Å². The summed E-state index contributed by atoms with van der Waals surface area (Å²) in [6, 6.07) is 0. The molecular formula is C31H40F2N10O14P2S2. The van der Waals surface area contributed by atoms with Gasteiger partial charge in [-0.1, -0.05) is 0 Å². The van der Waals surface area contributed by atoms with Gasteiger partial charge >= 0.3 is 19.1 Å². The Morgan fingerprint density at radius 2 is 1.26 bits per heavy atom. The molecule has 334 valence electrons. The lowest BCUT2D eigenvalue weighted by Gasteiger charge is -2.26. The molecule has 0 spiro atoms. The number of ether oxygens (including phenoxy) is 7. The van der Waals surface area contributed by atoms with Gasteiger partial charge in [-0.15, -0.1) is 0 Å². The van der Waals surface area contributed by atoms with Crippen molar-refractivity contribution in [3.05, 3.63) is 25.3 Å². The Kier molecular flexibility index (Phi) is 13.9. The Morgan fingerprint density at radius 1 is 0.770 bits per heavy atom. The predicted molar refractivity (Wildman–Crippen MR) is 209 cm³/mol. The average molecular weight is 941 g/mol. The molecule has 61 heavy (non-hydrogen) atoms. The van der Waals surface area contributed by atoms with Crippen LogP contribution in [0.3, 0.4) is 0 Å². The molecule has 3 aliphatic rings. The van der Waals surface area contributed by atoms with Crippen LogP contribution < -0.4 is 11.5 Å². The summed E-state index contributed by atoms with van der Waals surface area (Å²) in [4.78, 5) is 48.8. The number of halogens is 2. The van der Waals surface area contributed by atoms with Gasteiger partial charge in [-0.3, -0.25) is 22.7 Å². The van der Waals surface area contributed by atoms with Crippen molar-refractivity contribution in [1.29, 1.82) is 0 Å². The van der Waals surface area contributed by atoms with Gasteiger partial charge < -0.3 is 49.1 Å². The Labute approximate surface area is 352 Å². The van der Waals surface area contributed by atoms with Crippen LogP contribution in [0, 0.1) is 0 Å². The second-order valence-electron chi connectivity index (χ2n) is 13.8. The highest BCUT2D eigenvalue weighted by molar-refractivity contribution is 8.56. The Hall–Kier alpha value is -3.98. The first-order valence-corrected chi connectivity index (χ1v) is 24.8. The number of rotatable bonds is 10. The first-order chi connectivity index (χ1) is 29.0. The molecule has 10 atom stereocenters. The molecule has 0 amide bonds. The van der Waals surface area contributed by atoms with Crippen LogP contribution in [0.15, 0.2) is 25.3 Å². The summed E-state index contributed by atoms with van der Waals surface area (Å²) < 4.78 is 121. The van der Waals surface area contributed by atoms with Crippen LogP contribution in [-0.4, -0.2) is 132 Å². The lowest BCUT2D eigenvalue weighted by atomic mass is 10.1. The van der Waals surface area contributed by atoms with Crippen LogP contribution in [-0.2, 0) is 55.9 Å². The number of imidazole rings is 2. The number of fused-ring (bicyclic) bond motifs is 4. The molecule has 7 heterocycles. The van der Waals surface area contributed by atoms with Crippen LogP contribution >= 0.6 is 36.1 Å². The Morgan fingerprint density at radius 3 is 1.80 bits per heavy atom. The van der Waals surface area contributed by atoms with Gasteiger partial charge in [0.15, 0.2) is 53.7 Å². The second kappa shape index (κ2) is 18.8. The SMILES string of the molecule is CC(C)OC(=O)OCSP1(=O)CO[C@H]2[C@@H](F)[C@H](n3cnc4c(N)ncnc43)O[C@@H]2COP(=O)(SCOC(=O)OC(C)C)O[C@H]2[C@@H](F)[C@H](n3cnc4c(N)ncnc43)O[C@@H]2CO1. The number of carbonyl (C=O) groups is 2. The molecule has 0 aromatic carbocycles. The lowest BCUT2D eigenvalue weighted by molar-refractivity contribution is -0.0522. The minimum Gasteiger partial charge on any atom is -0.432 e. The minimum absolute atomic E-state index is 0.00439. The maximum absolute atomic E-state index is 16.9. The molecule has 0 aliphatic carbocycles. The number of aromatic nitrogens is 8. The quantitative estimate of drug-likeness (QED) is 0.122. The van der Waals surface area contributed by atoms with E-state index in [2.05, 4.69) is 29.9 Å². The van der Waals surface area contributed by atoms with Gasteiger partial charge in [-0.25, -0.2) is 52.8 Å². The lowest BCUT2D eigenvalue weighted by Crippen LogP contribution is -2.35. The van der Waals surface area contributed by atoms with E-state index in [-0.39, 0.29) is 34.0 Å². The molecule has 0 saturated carbocycles. The van der Waals surface area contributed by atoms with E-state index in [1.54, 1.807) is 27.7 Å². The summed E-state index contributed by atoms with van der Waals surface area (Å²) in [5.41, 5.74) is 12.3. The van der Waals surface area contributed by atoms with Crippen LogP contribution in [0.4, 0.5) is 30.0 Å². The summed E-state index contributed by atoms with van der Waals surface area (Å²) in [6.07, 6.45) is -13.3. The number of hydrogen-bond donors (Lipinski definition) is 2. The average Bonchev–Trinajstić information content (AvgIpc) is 3.96. The smallest absolute Gasteiger partial charge is 0.432 e. The topological polar surface area (TPSA) is 300 Å². The van der Waals surface area contributed by atoms with E-state index in [0.717, 1.165) is 12.7 Å². The number of anilines is 2. The molecule has 2 unspecified atom stereocenters. The molecule has 0 bridgehead atoms. The highest BCUT2D eigenvalue weighted by Crippen LogP contribution is 2.65. The van der Waals surface area contributed by atoms with Crippen LogP contribution in [0.25, 0.3) is 22.3 Å². The zero-order chi connectivity index (χ0) is 43.6. The minimum atomic E-state index is -4.73. The van der Waals surface area contributed by atoms with E-state index >= 15 is 8.78 Å². The fourth-order valence-electron chi connectivity index (χ4n) is 6.18. The first-order valence-electron chi connectivity index (χ1n) is 18.2. The zero-order valence-corrected chi connectivity index (χ0v) is 36.0. The monoisotopic (exact) mass is 940 g/mol. The largest absolute Gasteiger partial charge is 0.509 e. The summed E-state index contributed by atoms with van der Waals surface area (Å²) in [5, 5.41) is 0. The van der Waals surface area contributed by atoms with Crippen LogP contribution in [0.2, 0.25) is 0 Å². The van der Waals surface area contributed by atoms with Crippen molar-refractivity contribution in [2.45, 2.75) is 89.1 Å². The number of nitrogens with zero attached hydrogens (tertiary/aromatic N) is 8. The third kappa shape index (κ3) is 10.1. The number of nitrogens with two attached hydrogens (primary N) is 2. The first kappa shape index (κ1) is 45.1. The maximum Gasteiger partial charge on any atom is 0.509 e. The molecule has 24 nitrogen and oxygen atoms in total. The zero-order valence-electron chi connectivity index (χ0n) is 32.5. The molecule has 3 fully saturated rings. The molecule has 7 rings (SSSR count). The standard InChI is InChI=1S/C31H40F2N10O14P2S2/c1-14(2)53-30(44)49-12-60-58(46)11-48-22-16(55-28(18(22)32)42-9-40-20-24(34)36-7-38-26(20)42)6-52-59(47,61-13-50-31(45)54-15(3)4)57-23-17(5-51-58)56-29(19(23)33)43-10-41-21-25(35)37-8-39-27(21)43/h7-10,14-19,22-23,28-29H,5-6,11-13H2,1-4H3,(H2,34,36,38)(H2,35,37,39)/t16-,17-,18-,19-,22-,23-,28-,29-,58?,59?/m1/s1. The van der Waals surface area contributed by atoms with Crippen molar-refractivity contribution < 1.29 is 74.2 Å². The highest BCUT2D eigenvalue weighted by Gasteiger charge is 2.54. The van der Waals surface area contributed by atoms with Gasteiger partial charge in [0.1, 0.15) is 60.4 Å². The number of nitrogen functional groups attached to an aromatic ring is 2. The van der Waals surface area contributed by atoms with Gasteiger partial charge in [0.25, 0.3) is 6.57 Å². The molecule has 0 radical (unpaired) electrons. The van der Waals surface area contributed by atoms with Crippen molar-refractivity contribution in [2.75, 3.05) is 42.9 Å². The number of hydrogen-bond acceptors (Lipinski definition) is 24. The van der Waals surface area contributed by atoms with Crippen LogP contribution in [0.5, 0.6) is 0 Å². The molecule has 3 saturated heterocycles. The van der Waals surface area contributed by atoms with Gasteiger partial charge in [0, 0.05) is 11.4 Å². The molecule has 4 aromatic heterocycles. The summed E-state index contributed by atoms with van der Waals surface area (Å²) in [5.74, 6) is -1.28. The number of carbonyl (C=O) groups excluding carboxylic acids is 2. The normalized spacial score (nSPS) is 31.0. The molecule has 4 aromatic rings. The maximum atomic E-state index is 16.9. The molecular weight excluding hydrogens is 900 g/mol. The molecule has 30 heteroatoms. The van der Waals surface area contributed by atoms with Crippen molar-refractivity contribution in [1.82, 2.24) is 39.0 Å². The highest BCUT2D eigenvalue weighted by atomic mass is 32.7. The van der Waals surface area contributed by atoms with Crippen molar-refractivity contribution in [3.63, 3.8) is 0 Å². The third-order valence-corrected chi connectivity index (χ3v) is 15.9. The summed E-state index contributed by atoms with van der Waals surface area (Å²) in [7, 11) is 0. The summed E-state index contributed by atoms with van der Waals surface area (Å²) in [6.45, 7) is -4.13. The number of alkyl halides is 2. The molecule has 4 N–H and O–H groups in total. The van der Waals surface area contributed by atoms with Crippen molar-refractivity contribution in [2.24, 2.45) is 0 Å². The predicted octanol–water partition coefficient (Wildman–Crippen LogP) is 4.88. The van der Waals surface area contributed by atoms with Crippen molar-refractivity contribution >= 4 is 82.4 Å². The molecule has 3 aliphatic heterocycles. The van der Waals surface area contributed by atoms with Gasteiger partial charge in [0.2, 0.25) is 0 Å². The Balaban J connectivity index is 1.22. The van der Waals surface area contributed by atoms with E-state index in [0.29, 0.717) is 22.8 Å².